The Kier molecular flexibility index (Phi) is 2.85. The van der Waals surface area contributed by atoms with Crippen molar-refractivity contribution in [3.05, 3.63) is 70.8 Å². The fourth-order valence-corrected chi connectivity index (χ4v) is 2.10. The standard InChI is InChI=1S/C15H13N3O/c16-9-11-5-7-12(8-6-11)18-10-17-15(19)13-3-1-2-4-14(13)18/h1-8,10H,9,16H2. The lowest BCUT2D eigenvalue weighted by Gasteiger charge is -2.10. The summed E-state index contributed by atoms with van der Waals surface area (Å²) in [5, 5.41) is 0.618. The summed E-state index contributed by atoms with van der Waals surface area (Å²) in [6, 6.07) is 15.3. The third kappa shape index (κ3) is 2.02. The molecule has 0 saturated heterocycles. The van der Waals surface area contributed by atoms with Crippen LogP contribution in [0.3, 0.4) is 0 Å². The first-order chi connectivity index (χ1) is 9.29. The van der Waals surface area contributed by atoms with Crippen LogP contribution in [0.15, 0.2) is 59.7 Å². The molecular weight excluding hydrogens is 238 g/mol. The van der Waals surface area contributed by atoms with E-state index in [1.807, 2.05) is 47.0 Å². The van der Waals surface area contributed by atoms with Gasteiger partial charge in [0.1, 0.15) is 6.33 Å². The van der Waals surface area contributed by atoms with Crippen LogP contribution in [-0.4, -0.2) is 9.55 Å². The molecular formula is C15H13N3O. The Balaban J connectivity index is 2.24. The zero-order valence-electron chi connectivity index (χ0n) is 10.3. The van der Waals surface area contributed by atoms with Gasteiger partial charge in [-0.1, -0.05) is 24.3 Å². The number of hydrogen-bond acceptors (Lipinski definition) is 3. The van der Waals surface area contributed by atoms with Gasteiger partial charge >= 0.3 is 0 Å². The van der Waals surface area contributed by atoms with E-state index >= 15 is 0 Å². The van der Waals surface area contributed by atoms with Crippen molar-refractivity contribution in [3.8, 4) is 5.69 Å². The summed E-state index contributed by atoms with van der Waals surface area (Å²) in [4.78, 5) is 15.6. The molecule has 0 saturated carbocycles. The Morgan fingerprint density at radius 2 is 1.79 bits per heavy atom. The lowest BCUT2D eigenvalue weighted by Crippen LogP contribution is -2.11. The molecule has 0 unspecified atom stereocenters. The highest BCUT2D eigenvalue weighted by molar-refractivity contribution is 5.79. The number of aromatic nitrogens is 2. The Morgan fingerprint density at radius 1 is 1.05 bits per heavy atom. The summed E-state index contributed by atoms with van der Waals surface area (Å²) < 4.78 is 1.90. The van der Waals surface area contributed by atoms with Crippen molar-refractivity contribution >= 4 is 10.9 Å². The molecule has 94 valence electrons. The van der Waals surface area contributed by atoms with Gasteiger partial charge in [-0.15, -0.1) is 0 Å². The highest BCUT2D eigenvalue weighted by Gasteiger charge is 2.04. The molecule has 2 N–H and O–H groups in total. The van der Waals surface area contributed by atoms with Crippen molar-refractivity contribution in [1.29, 1.82) is 0 Å². The molecule has 1 heterocycles. The fraction of sp³-hybridized carbons (Fsp3) is 0.0667. The Labute approximate surface area is 110 Å². The number of nitrogens with two attached hydrogens (primary N) is 1. The lowest BCUT2D eigenvalue weighted by atomic mass is 10.2. The van der Waals surface area contributed by atoms with Crippen molar-refractivity contribution in [3.63, 3.8) is 0 Å². The van der Waals surface area contributed by atoms with Crippen molar-refractivity contribution in [2.75, 3.05) is 0 Å². The van der Waals surface area contributed by atoms with Gasteiger partial charge in [0.25, 0.3) is 5.56 Å². The monoisotopic (exact) mass is 251 g/mol. The van der Waals surface area contributed by atoms with Gasteiger partial charge in [-0.3, -0.25) is 4.79 Å². The largest absolute Gasteiger partial charge is 0.326 e. The molecule has 0 aliphatic rings. The van der Waals surface area contributed by atoms with Crippen LogP contribution in [0.4, 0.5) is 0 Å². The summed E-state index contributed by atoms with van der Waals surface area (Å²) in [6.07, 6.45) is 1.56. The topological polar surface area (TPSA) is 60.9 Å². The molecule has 0 bridgehead atoms. The van der Waals surface area contributed by atoms with Gasteiger partial charge in [0.2, 0.25) is 0 Å². The SMILES string of the molecule is NCc1ccc(-n2cnc(=O)c3ccccc32)cc1. The molecule has 4 heteroatoms. The van der Waals surface area contributed by atoms with Gasteiger partial charge in [0.05, 0.1) is 10.9 Å². The van der Waals surface area contributed by atoms with E-state index in [9.17, 15) is 4.79 Å². The highest BCUT2D eigenvalue weighted by atomic mass is 16.1. The maximum absolute atomic E-state index is 11.7. The van der Waals surface area contributed by atoms with Crippen LogP contribution in [0.1, 0.15) is 5.56 Å². The number of para-hydroxylation sites is 1. The van der Waals surface area contributed by atoms with E-state index in [4.69, 9.17) is 5.73 Å². The second-order valence-corrected chi connectivity index (χ2v) is 4.31. The molecule has 3 aromatic rings. The maximum atomic E-state index is 11.7. The molecule has 4 nitrogen and oxygen atoms in total. The van der Waals surface area contributed by atoms with Gasteiger partial charge < -0.3 is 10.3 Å². The Morgan fingerprint density at radius 3 is 2.53 bits per heavy atom. The quantitative estimate of drug-likeness (QED) is 0.756. The third-order valence-corrected chi connectivity index (χ3v) is 3.13. The first kappa shape index (κ1) is 11.6. The van der Waals surface area contributed by atoms with Crippen molar-refractivity contribution < 1.29 is 0 Å². The summed E-state index contributed by atoms with van der Waals surface area (Å²) in [5.74, 6) is 0. The summed E-state index contributed by atoms with van der Waals surface area (Å²) >= 11 is 0. The van der Waals surface area contributed by atoms with E-state index in [-0.39, 0.29) is 5.56 Å². The van der Waals surface area contributed by atoms with Crippen LogP contribution < -0.4 is 11.3 Å². The van der Waals surface area contributed by atoms with Gasteiger partial charge in [-0.25, -0.2) is 0 Å². The minimum atomic E-state index is -0.203. The average molecular weight is 251 g/mol. The molecule has 0 aliphatic carbocycles. The predicted octanol–water partition coefficient (Wildman–Crippen LogP) is 1.84. The van der Waals surface area contributed by atoms with Crippen LogP contribution >= 0.6 is 0 Å². The predicted molar refractivity (Wildman–Crippen MR) is 75.2 cm³/mol. The van der Waals surface area contributed by atoms with Crippen LogP contribution in [0, 0.1) is 0 Å². The number of hydrogen-bond donors (Lipinski definition) is 1. The second kappa shape index (κ2) is 4.66. The zero-order chi connectivity index (χ0) is 13.2. The first-order valence-electron chi connectivity index (χ1n) is 6.05. The molecule has 19 heavy (non-hydrogen) atoms. The normalized spacial score (nSPS) is 10.8. The van der Waals surface area contributed by atoms with Crippen LogP contribution in [0.2, 0.25) is 0 Å². The second-order valence-electron chi connectivity index (χ2n) is 4.31. The lowest BCUT2D eigenvalue weighted by molar-refractivity contribution is 1.01. The fourth-order valence-electron chi connectivity index (χ4n) is 2.10. The summed E-state index contributed by atoms with van der Waals surface area (Å²) in [5.41, 5.74) is 8.27. The minimum absolute atomic E-state index is 0.203. The molecule has 0 atom stereocenters. The van der Waals surface area contributed by atoms with E-state index < -0.39 is 0 Å². The maximum Gasteiger partial charge on any atom is 0.280 e. The Hall–Kier alpha value is -2.46. The molecule has 0 spiro atoms. The molecule has 3 rings (SSSR count). The molecule has 1 aromatic heterocycles. The van der Waals surface area contributed by atoms with Crippen LogP contribution in [0.5, 0.6) is 0 Å². The summed E-state index contributed by atoms with van der Waals surface area (Å²) in [6.45, 7) is 0.517. The van der Waals surface area contributed by atoms with Gasteiger partial charge in [0, 0.05) is 12.2 Å². The average Bonchev–Trinajstić information content (AvgIpc) is 2.48. The molecule has 0 aliphatic heterocycles. The third-order valence-electron chi connectivity index (χ3n) is 3.13. The van der Waals surface area contributed by atoms with Gasteiger partial charge in [-0.2, -0.15) is 4.98 Å². The van der Waals surface area contributed by atoms with Crippen LogP contribution in [-0.2, 0) is 6.54 Å². The van der Waals surface area contributed by atoms with Crippen molar-refractivity contribution in [2.24, 2.45) is 5.73 Å². The van der Waals surface area contributed by atoms with E-state index in [1.54, 1.807) is 12.4 Å². The molecule has 0 amide bonds. The number of benzene rings is 2. The summed E-state index contributed by atoms with van der Waals surface area (Å²) in [7, 11) is 0. The molecule has 0 fully saturated rings. The minimum Gasteiger partial charge on any atom is -0.326 e. The zero-order valence-corrected chi connectivity index (χ0v) is 10.3. The van der Waals surface area contributed by atoms with Crippen LogP contribution in [0.25, 0.3) is 16.6 Å². The van der Waals surface area contributed by atoms with E-state index in [1.165, 1.54) is 0 Å². The van der Waals surface area contributed by atoms with Crippen molar-refractivity contribution in [2.45, 2.75) is 6.54 Å². The first-order valence-corrected chi connectivity index (χ1v) is 6.05. The highest BCUT2D eigenvalue weighted by Crippen LogP contribution is 2.15. The molecule has 0 radical (unpaired) electrons. The van der Waals surface area contributed by atoms with E-state index in [2.05, 4.69) is 4.98 Å². The number of nitrogens with zero attached hydrogens (tertiary/aromatic N) is 2. The van der Waals surface area contributed by atoms with Gasteiger partial charge in [-0.05, 0) is 29.8 Å². The smallest absolute Gasteiger partial charge is 0.280 e. The number of fused-ring (bicyclic) bond motifs is 1. The van der Waals surface area contributed by atoms with E-state index in [0.29, 0.717) is 11.9 Å². The van der Waals surface area contributed by atoms with E-state index in [0.717, 1.165) is 16.8 Å². The Bertz CT molecular complexity index is 775. The molecule has 2 aromatic carbocycles. The number of rotatable bonds is 2. The van der Waals surface area contributed by atoms with Crippen molar-refractivity contribution in [1.82, 2.24) is 9.55 Å². The van der Waals surface area contributed by atoms with Gasteiger partial charge in [0.15, 0.2) is 0 Å².